The highest BCUT2D eigenvalue weighted by molar-refractivity contribution is 6.30. The smallest absolute Gasteiger partial charge is 0.200 e. The lowest BCUT2D eigenvalue weighted by atomic mass is 10.3. The SMILES string of the molecule is Cn1c(COc2cccc(Cl)c2)cnc1N. The number of nitrogens with zero attached hydrogens (tertiary/aromatic N) is 2. The zero-order valence-electron chi connectivity index (χ0n) is 8.85. The Kier molecular flexibility index (Phi) is 3.01. The van der Waals surface area contributed by atoms with E-state index in [4.69, 9.17) is 22.1 Å². The number of anilines is 1. The molecule has 16 heavy (non-hydrogen) atoms. The first-order chi connectivity index (χ1) is 7.66. The molecule has 0 aliphatic rings. The van der Waals surface area contributed by atoms with Crippen LogP contribution in [-0.2, 0) is 13.7 Å². The van der Waals surface area contributed by atoms with E-state index < -0.39 is 0 Å². The molecular formula is C11H12ClN3O. The highest BCUT2D eigenvalue weighted by Gasteiger charge is 2.03. The summed E-state index contributed by atoms with van der Waals surface area (Å²) in [6, 6.07) is 7.26. The van der Waals surface area contributed by atoms with Gasteiger partial charge in [0.1, 0.15) is 12.4 Å². The number of nitrogens with two attached hydrogens (primary N) is 1. The molecule has 1 aromatic carbocycles. The van der Waals surface area contributed by atoms with Crippen molar-refractivity contribution in [3.8, 4) is 5.75 Å². The summed E-state index contributed by atoms with van der Waals surface area (Å²) in [5, 5.41) is 0.655. The number of ether oxygens (including phenoxy) is 1. The van der Waals surface area contributed by atoms with E-state index in [0.29, 0.717) is 17.6 Å². The van der Waals surface area contributed by atoms with Gasteiger partial charge < -0.3 is 15.0 Å². The summed E-state index contributed by atoms with van der Waals surface area (Å²) in [7, 11) is 1.85. The molecule has 2 N–H and O–H groups in total. The van der Waals surface area contributed by atoms with Crippen molar-refractivity contribution in [2.45, 2.75) is 6.61 Å². The largest absolute Gasteiger partial charge is 0.487 e. The van der Waals surface area contributed by atoms with Crippen LogP contribution in [0, 0.1) is 0 Å². The highest BCUT2D eigenvalue weighted by Crippen LogP contribution is 2.18. The Labute approximate surface area is 98.6 Å². The second-order valence-electron chi connectivity index (χ2n) is 3.41. The molecule has 0 unspecified atom stereocenters. The molecule has 2 rings (SSSR count). The Bertz CT molecular complexity index is 496. The molecule has 0 amide bonds. The van der Waals surface area contributed by atoms with E-state index in [1.54, 1.807) is 22.9 Å². The number of hydrogen-bond acceptors (Lipinski definition) is 3. The number of benzene rings is 1. The van der Waals surface area contributed by atoms with Crippen LogP contribution in [0.2, 0.25) is 5.02 Å². The van der Waals surface area contributed by atoms with Gasteiger partial charge in [-0.2, -0.15) is 0 Å². The number of halogens is 1. The zero-order chi connectivity index (χ0) is 11.5. The van der Waals surface area contributed by atoms with Crippen LogP contribution in [0.25, 0.3) is 0 Å². The van der Waals surface area contributed by atoms with Gasteiger partial charge in [-0.1, -0.05) is 17.7 Å². The fourth-order valence-corrected chi connectivity index (χ4v) is 1.49. The molecule has 4 nitrogen and oxygen atoms in total. The Morgan fingerprint density at radius 1 is 1.50 bits per heavy atom. The third kappa shape index (κ3) is 2.28. The Morgan fingerprint density at radius 3 is 2.94 bits per heavy atom. The third-order valence-electron chi connectivity index (χ3n) is 2.30. The maximum absolute atomic E-state index is 5.84. The van der Waals surface area contributed by atoms with Crippen LogP contribution in [-0.4, -0.2) is 9.55 Å². The van der Waals surface area contributed by atoms with E-state index in [-0.39, 0.29) is 0 Å². The quantitative estimate of drug-likeness (QED) is 0.891. The fraction of sp³-hybridized carbons (Fsp3) is 0.182. The normalized spacial score (nSPS) is 10.4. The van der Waals surface area contributed by atoms with Crippen LogP contribution in [0.3, 0.4) is 0 Å². The summed E-state index contributed by atoms with van der Waals surface area (Å²) in [5.41, 5.74) is 6.52. The molecule has 0 atom stereocenters. The van der Waals surface area contributed by atoms with E-state index in [0.717, 1.165) is 11.4 Å². The Balaban J connectivity index is 2.05. The molecule has 5 heteroatoms. The minimum atomic E-state index is 0.418. The predicted octanol–water partition coefficient (Wildman–Crippen LogP) is 2.23. The summed E-state index contributed by atoms with van der Waals surface area (Å²) < 4.78 is 7.35. The second kappa shape index (κ2) is 4.45. The van der Waals surface area contributed by atoms with Gasteiger partial charge in [0.15, 0.2) is 5.95 Å². The van der Waals surface area contributed by atoms with Crippen LogP contribution in [0.5, 0.6) is 5.75 Å². The summed E-state index contributed by atoms with van der Waals surface area (Å²) in [6.45, 7) is 0.418. The molecule has 0 aliphatic heterocycles. The average molecular weight is 238 g/mol. The summed E-state index contributed by atoms with van der Waals surface area (Å²) >= 11 is 5.84. The number of aromatic nitrogens is 2. The first-order valence-corrected chi connectivity index (χ1v) is 5.19. The lowest BCUT2D eigenvalue weighted by Gasteiger charge is -2.07. The molecule has 0 spiro atoms. The highest BCUT2D eigenvalue weighted by atomic mass is 35.5. The minimum Gasteiger partial charge on any atom is -0.487 e. The van der Waals surface area contributed by atoms with Crippen LogP contribution >= 0.6 is 11.6 Å². The maximum Gasteiger partial charge on any atom is 0.200 e. The molecule has 2 aromatic rings. The molecule has 1 aromatic heterocycles. The van der Waals surface area contributed by atoms with Crippen molar-refractivity contribution in [1.82, 2.24) is 9.55 Å². The van der Waals surface area contributed by atoms with Crippen molar-refractivity contribution in [3.05, 3.63) is 41.2 Å². The Morgan fingerprint density at radius 2 is 2.31 bits per heavy atom. The van der Waals surface area contributed by atoms with E-state index in [1.807, 2.05) is 19.2 Å². The molecule has 0 radical (unpaired) electrons. The van der Waals surface area contributed by atoms with Gasteiger partial charge >= 0.3 is 0 Å². The van der Waals surface area contributed by atoms with Crippen LogP contribution in [0.1, 0.15) is 5.69 Å². The van der Waals surface area contributed by atoms with Gasteiger partial charge in [-0.15, -0.1) is 0 Å². The van der Waals surface area contributed by atoms with E-state index in [2.05, 4.69) is 4.98 Å². The third-order valence-corrected chi connectivity index (χ3v) is 2.54. The van der Waals surface area contributed by atoms with E-state index >= 15 is 0 Å². The van der Waals surface area contributed by atoms with Crippen molar-refractivity contribution >= 4 is 17.5 Å². The number of nitrogen functional groups attached to an aromatic ring is 1. The van der Waals surface area contributed by atoms with Crippen LogP contribution in [0.15, 0.2) is 30.5 Å². The molecule has 0 bridgehead atoms. The fourth-order valence-electron chi connectivity index (χ4n) is 1.31. The van der Waals surface area contributed by atoms with Crippen molar-refractivity contribution in [3.63, 3.8) is 0 Å². The standard InChI is InChI=1S/C11H12ClN3O/c1-15-9(6-14-11(15)13)7-16-10-4-2-3-8(12)5-10/h2-6H,7H2,1H3,(H2,13,14). The molecule has 0 fully saturated rings. The van der Waals surface area contributed by atoms with Crippen molar-refractivity contribution in [2.24, 2.45) is 7.05 Å². The van der Waals surface area contributed by atoms with Gasteiger partial charge in [-0.05, 0) is 18.2 Å². The zero-order valence-corrected chi connectivity index (χ0v) is 9.61. The molecule has 0 saturated heterocycles. The van der Waals surface area contributed by atoms with Crippen molar-refractivity contribution in [1.29, 1.82) is 0 Å². The van der Waals surface area contributed by atoms with Gasteiger partial charge in [-0.25, -0.2) is 4.98 Å². The van der Waals surface area contributed by atoms with E-state index in [9.17, 15) is 0 Å². The molecule has 1 heterocycles. The number of imidazole rings is 1. The molecule has 0 aliphatic carbocycles. The lowest BCUT2D eigenvalue weighted by Crippen LogP contribution is -2.04. The molecule has 0 saturated carbocycles. The monoisotopic (exact) mass is 237 g/mol. The van der Waals surface area contributed by atoms with Gasteiger partial charge in [0.25, 0.3) is 0 Å². The molecular weight excluding hydrogens is 226 g/mol. The molecule has 84 valence electrons. The lowest BCUT2D eigenvalue weighted by molar-refractivity contribution is 0.297. The summed E-state index contributed by atoms with van der Waals surface area (Å²) in [6.07, 6.45) is 1.69. The van der Waals surface area contributed by atoms with Gasteiger partial charge in [0, 0.05) is 12.1 Å². The summed E-state index contributed by atoms with van der Waals surface area (Å²) in [4.78, 5) is 3.98. The summed E-state index contributed by atoms with van der Waals surface area (Å²) in [5.74, 6) is 1.21. The average Bonchev–Trinajstić information content (AvgIpc) is 2.57. The second-order valence-corrected chi connectivity index (χ2v) is 3.85. The maximum atomic E-state index is 5.84. The minimum absolute atomic E-state index is 0.418. The van der Waals surface area contributed by atoms with Crippen LogP contribution < -0.4 is 10.5 Å². The van der Waals surface area contributed by atoms with Gasteiger partial charge in [0.05, 0.1) is 11.9 Å². The van der Waals surface area contributed by atoms with Gasteiger partial charge in [-0.3, -0.25) is 0 Å². The van der Waals surface area contributed by atoms with Crippen LogP contribution in [0.4, 0.5) is 5.95 Å². The number of hydrogen-bond donors (Lipinski definition) is 1. The van der Waals surface area contributed by atoms with Gasteiger partial charge in [0.2, 0.25) is 0 Å². The van der Waals surface area contributed by atoms with Crippen molar-refractivity contribution in [2.75, 3.05) is 5.73 Å². The predicted molar refractivity (Wildman–Crippen MR) is 63.4 cm³/mol. The Hall–Kier alpha value is -1.68. The topological polar surface area (TPSA) is 53.1 Å². The first-order valence-electron chi connectivity index (χ1n) is 4.81. The first kappa shape index (κ1) is 10.8. The number of rotatable bonds is 3. The van der Waals surface area contributed by atoms with Crippen molar-refractivity contribution < 1.29 is 4.74 Å². The van der Waals surface area contributed by atoms with E-state index in [1.165, 1.54) is 0 Å².